The molecule has 69 heavy (non-hydrogen) atoms. The second-order valence-corrected chi connectivity index (χ2v) is 20.2. The number of hydrogen-bond acceptors (Lipinski definition) is 15. The Morgan fingerprint density at radius 3 is 2.30 bits per heavy atom. The van der Waals surface area contributed by atoms with Crippen molar-refractivity contribution in [2.24, 2.45) is 23.7 Å². The van der Waals surface area contributed by atoms with Crippen LogP contribution in [0.25, 0.3) is 0 Å². The maximum absolute atomic E-state index is 14.4. The molecule has 0 bridgehead atoms. The van der Waals surface area contributed by atoms with E-state index in [-0.39, 0.29) is 91.0 Å². The van der Waals surface area contributed by atoms with Gasteiger partial charge in [0.1, 0.15) is 10.7 Å². The highest BCUT2D eigenvalue weighted by Gasteiger charge is 2.38. The maximum Gasteiger partial charge on any atom is 0.446 e. The average Bonchev–Trinajstić information content (AvgIpc) is 3.90. The lowest BCUT2D eigenvalue weighted by atomic mass is 9.83. The first kappa shape index (κ1) is 56.0. The van der Waals surface area contributed by atoms with Gasteiger partial charge in [-0.2, -0.15) is 8.42 Å². The molecule has 0 radical (unpaired) electrons. The van der Waals surface area contributed by atoms with Gasteiger partial charge in [0.15, 0.2) is 17.6 Å². The van der Waals surface area contributed by atoms with Crippen molar-refractivity contribution in [2.45, 2.75) is 130 Å². The minimum Gasteiger partial charge on any atom is -0.481 e. The number of ketones is 1. The third kappa shape index (κ3) is 16.5. The zero-order chi connectivity index (χ0) is 51.3. The highest BCUT2D eigenvalue weighted by Crippen LogP contribution is 2.34. The van der Waals surface area contributed by atoms with E-state index in [1.54, 1.807) is 11.9 Å². The Bertz CT molecular complexity index is 2330. The number of benzene rings is 1. The number of imide groups is 1. The van der Waals surface area contributed by atoms with Gasteiger partial charge in [-0.05, 0) is 75.2 Å². The number of aromatic nitrogens is 1. The molecule has 2 unspecified atom stereocenters. The molecule has 0 spiro atoms. The van der Waals surface area contributed by atoms with Crippen LogP contribution >= 0.6 is 11.3 Å². The number of esters is 1. The number of thiazole rings is 1. The summed E-state index contributed by atoms with van der Waals surface area (Å²) in [5.74, 6) is -6.48. The van der Waals surface area contributed by atoms with E-state index in [0.29, 0.717) is 12.0 Å². The number of ether oxygens (including phenoxy) is 1. The molecular formula is C47H66N6O14S2. The fourth-order valence-electron chi connectivity index (χ4n) is 8.63. The van der Waals surface area contributed by atoms with E-state index in [1.165, 1.54) is 31.4 Å². The average molecular weight is 1000 g/mol. The molecule has 5 amide bonds. The number of piperidine rings is 1. The molecule has 1 aromatic carbocycles. The number of nitrogens with zero attached hydrogens (tertiary/aromatic N) is 4. The van der Waals surface area contributed by atoms with Crippen molar-refractivity contribution >= 4 is 74.7 Å². The van der Waals surface area contributed by atoms with Crippen LogP contribution in [0.2, 0.25) is 0 Å². The molecular weight excluding hydrogens is 937 g/mol. The van der Waals surface area contributed by atoms with E-state index < -0.39 is 81.7 Å². The number of likely N-dealkylation sites (tertiary alicyclic amines) is 1. The number of likely N-dealkylation sites (N-methyl/N-ethyl adjacent to an activating group) is 1. The number of nitrogens with one attached hydrogen (secondary N) is 2. The molecule has 2 aliphatic rings. The normalized spacial score (nSPS) is 17.9. The molecule has 0 aliphatic carbocycles. The Kier molecular flexibility index (Phi) is 20.6. The number of carbonyl (C=O) groups excluding carboxylic acids is 7. The predicted molar refractivity (Wildman–Crippen MR) is 254 cm³/mol. The van der Waals surface area contributed by atoms with Gasteiger partial charge in [0, 0.05) is 75.3 Å². The summed E-state index contributed by atoms with van der Waals surface area (Å²) in [7, 11) is -1.42. The lowest BCUT2D eigenvalue weighted by molar-refractivity contribution is -0.150. The largest absolute Gasteiger partial charge is 0.481 e. The monoisotopic (exact) mass is 1000 g/mol. The third-order valence-corrected chi connectivity index (χ3v) is 14.0. The Morgan fingerprint density at radius 1 is 1.03 bits per heavy atom. The molecule has 4 rings (SSSR count). The summed E-state index contributed by atoms with van der Waals surface area (Å²) in [6.07, 6.45) is 4.63. The zero-order valence-corrected chi connectivity index (χ0v) is 42.1. The van der Waals surface area contributed by atoms with Crippen LogP contribution in [0.5, 0.6) is 5.75 Å². The Hall–Kier alpha value is -5.58. The summed E-state index contributed by atoms with van der Waals surface area (Å²) in [6.45, 7) is 11.3. The molecule has 22 heteroatoms. The van der Waals surface area contributed by atoms with Gasteiger partial charge < -0.3 is 29.6 Å². The fourth-order valence-corrected chi connectivity index (χ4v) is 9.84. The number of carbonyl (C=O) groups is 8. The highest BCUT2D eigenvalue weighted by atomic mass is 32.3. The van der Waals surface area contributed by atoms with Crippen LogP contribution in [0, 0.1) is 23.7 Å². The molecule has 2 aliphatic heterocycles. The molecule has 4 N–H and O–H groups in total. The molecule has 1 aromatic heterocycles. The van der Waals surface area contributed by atoms with Crippen molar-refractivity contribution in [2.75, 3.05) is 32.5 Å². The number of carboxylic acids is 1. The number of Topliss-reactive ketones (excluding diaryl/α,β-unsaturated/α-hetero) is 1. The van der Waals surface area contributed by atoms with E-state index >= 15 is 0 Å². The molecule has 2 aromatic rings. The first-order chi connectivity index (χ1) is 32.4. The molecule has 7 atom stereocenters. The Balaban J connectivity index is 1.54. The smallest absolute Gasteiger partial charge is 0.446 e. The van der Waals surface area contributed by atoms with E-state index in [2.05, 4.69) is 24.7 Å². The van der Waals surface area contributed by atoms with Crippen molar-refractivity contribution in [3.05, 3.63) is 52.0 Å². The van der Waals surface area contributed by atoms with E-state index in [0.717, 1.165) is 60.3 Å². The van der Waals surface area contributed by atoms with Gasteiger partial charge in [-0.25, -0.2) is 4.98 Å². The lowest BCUT2D eigenvalue weighted by Gasteiger charge is -2.37. The minimum atomic E-state index is -5.06. The van der Waals surface area contributed by atoms with Crippen LogP contribution in [-0.4, -0.2) is 130 Å². The van der Waals surface area contributed by atoms with Crippen molar-refractivity contribution in [1.29, 1.82) is 0 Å². The van der Waals surface area contributed by atoms with Crippen LogP contribution in [0.3, 0.4) is 0 Å². The van der Waals surface area contributed by atoms with E-state index in [4.69, 9.17) is 4.74 Å². The van der Waals surface area contributed by atoms with Crippen LogP contribution in [0.1, 0.15) is 126 Å². The predicted octanol–water partition coefficient (Wildman–Crippen LogP) is 5.00. The second kappa shape index (κ2) is 25.3. The number of hydrogen-bond donors (Lipinski definition) is 4. The second-order valence-electron chi connectivity index (χ2n) is 18.3. The Labute approximate surface area is 407 Å². The quantitative estimate of drug-likeness (QED) is 0.0548. The van der Waals surface area contributed by atoms with Gasteiger partial charge in [-0.15, -0.1) is 11.3 Å². The fraction of sp³-hybridized carbons (Fsp3) is 0.596. The van der Waals surface area contributed by atoms with Crippen LogP contribution < -0.4 is 14.8 Å². The van der Waals surface area contributed by atoms with E-state index in [9.17, 15) is 56.4 Å². The standard InChI is InChI=1S/C47H66N6O14S2/c1-9-28(4)33(24-38(55)36-13-10-11-19-51(36)7)46(60)52(8)37(27(2)3)25-40(66-30(6)54)45-50-35(26-68-45)44(59)48-32(21-29(5)47(61)62)22-31-15-16-39(67-69(63,64)65)34(23-31)49-41(56)14-12-20-53-42(57)17-18-43(53)58/h15-18,23,26-29,32-33,36-37,40H,9-14,19-22,24-25H2,1-8H3,(H,48,59)(H,49,56)(H,61,62)(H,63,64,65)/t28-,29?,32+,33?,36+,37+,40+/m0/s1. The molecule has 20 nitrogen and oxygen atoms in total. The Morgan fingerprint density at radius 2 is 1.71 bits per heavy atom. The van der Waals surface area contributed by atoms with Gasteiger partial charge in [-0.3, -0.25) is 52.7 Å². The third-order valence-electron chi connectivity index (χ3n) is 12.7. The van der Waals surface area contributed by atoms with Crippen molar-refractivity contribution in [3.8, 4) is 5.75 Å². The molecule has 1 saturated heterocycles. The molecule has 3 heterocycles. The molecule has 0 saturated carbocycles. The topological polar surface area (TPSA) is 276 Å². The van der Waals surface area contributed by atoms with Gasteiger partial charge in [-0.1, -0.05) is 53.5 Å². The molecule has 380 valence electrons. The first-order valence-corrected chi connectivity index (χ1v) is 25.4. The van der Waals surface area contributed by atoms with E-state index in [1.807, 2.05) is 34.7 Å². The summed E-state index contributed by atoms with van der Waals surface area (Å²) in [5, 5.41) is 16.9. The van der Waals surface area contributed by atoms with Crippen LogP contribution in [-0.2, 0) is 55.1 Å². The summed E-state index contributed by atoms with van der Waals surface area (Å²) in [6, 6.07) is 2.29. The first-order valence-electron chi connectivity index (χ1n) is 23.2. The number of rotatable bonds is 26. The van der Waals surface area contributed by atoms with Gasteiger partial charge in [0.05, 0.1) is 17.6 Å². The van der Waals surface area contributed by atoms with Crippen molar-refractivity contribution < 1.29 is 65.4 Å². The SMILES string of the molecule is CC[C@H](C)C(CC(=O)[C@H]1CCCCN1C)C(=O)N(C)[C@H](C[C@@H](OC(C)=O)c1nc(C(=O)N[C@@H](Cc2ccc(OS(=O)(=O)O)c(NC(=O)CCCN3C(=O)C=CC3=O)c2)CC(C)C(=O)O)cs1)C(C)C. The van der Waals surface area contributed by atoms with Crippen LogP contribution in [0.4, 0.5) is 5.69 Å². The number of carboxylic acid groups (broad SMARTS) is 1. The number of aliphatic carboxylic acids is 1. The molecule has 1 fully saturated rings. The van der Waals surface area contributed by atoms with Crippen LogP contribution in [0.15, 0.2) is 35.7 Å². The summed E-state index contributed by atoms with van der Waals surface area (Å²) in [5.41, 5.74) is 0.126. The van der Waals surface area contributed by atoms with Gasteiger partial charge in [0.25, 0.3) is 17.7 Å². The maximum atomic E-state index is 14.4. The van der Waals surface area contributed by atoms with Crippen molar-refractivity contribution in [3.63, 3.8) is 0 Å². The van der Waals surface area contributed by atoms with Gasteiger partial charge in [0.2, 0.25) is 11.8 Å². The lowest BCUT2D eigenvalue weighted by Crippen LogP contribution is -2.48. The number of anilines is 1. The minimum absolute atomic E-state index is 0.0470. The zero-order valence-electron chi connectivity index (χ0n) is 40.5. The summed E-state index contributed by atoms with van der Waals surface area (Å²) in [4.78, 5) is 112. The summed E-state index contributed by atoms with van der Waals surface area (Å²) < 4.78 is 43.3. The highest BCUT2D eigenvalue weighted by molar-refractivity contribution is 7.81. The van der Waals surface area contributed by atoms with Gasteiger partial charge >= 0.3 is 22.3 Å². The summed E-state index contributed by atoms with van der Waals surface area (Å²) >= 11 is 1.06. The number of amides is 5. The van der Waals surface area contributed by atoms with Crippen molar-refractivity contribution in [1.82, 2.24) is 25.0 Å².